The average Bonchev–Trinajstić information content (AvgIpc) is 2.42. The van der Waals surface area contributed by atoms with E-state index in [1.807, 2.05) is 0 Å². The number of nitrogen functional groups attached to an aromatic ring is 1. The number of nitro groups is 1. The summed E-state index contributed by atoms with van der Waals surface area (Å²) in [5.41, 5.74) is 3.35. The van der Waals surface area contributed by atoms with Gasteiger partial charge in [0.05, 0.1) is 11.5 Å². The molecule has 0 atom stereocenters. The minimum absolute atomic E-state index is 0.138. The number of hydrazine groups is 1. The van der Waals surface area contributed by atoms with Crippen molar-refractivity contribution in [1.29, 1.82) is 0 Å². The predicted molar refractivity (Wildman–Crippen MR) is 78.0 cm³/mol. The van der Waals surface area contributed by atoms with E-state index in [0.717, 1.165) is 0 Å². The van der Waals surface area contributed by atoms with Gasteiger partial charge in [0.15, 0.2) is 0 Å². The van der Waals surface area contributed by atoms with Gasteiger partial charge in [-0.15, -0.1) is 0 Å². The van der Waals surface area contributed by atoms with Crippen molar-refractivity contribution in [1.82, 2.24) is 9.55 Å². The van der Waals surface area contributed by atoms with Crippen LogP contribution in [0.2, 0.25) is 0 Å². The van der Waals surface area contributed by atoms with E-state index in [2.05, 4.69) is 10.4 Å². The van der Waals surface area contributed by atoms with Crippen LogP contribution >= 0.6 is 0 Å². The zero-order chi connectivity index (χ0) is 15.6. The lowest BCUT2D eigenvalue weighted by molar-refractivity contribution is -0.384. The lowest BCUT2D eigenvalue weighted by Gasteiger charge is -2.13. The minimum Gasteiger partial charge on any atom is -0.318 e. The van der Waals surface area contributed by atoms with E-state index in [-0.39, 0.29) is 23.5 Å². The molecule has 0 bridgehead atoms. The summed E-state index contributed by atoms with van der Waals surface area (Å²) in [5, 5.41) is 11.0. The van der Waals surface area contributed by atoms with Crippen LogP contribution in [0.4, 0.5) is 11.4 Å². The Balaban J connectivity index is 2.53. The maximum Gasteiger partial charge on any atom is 0.293 e. The molecular formula is C13H15N5O3. The number of para-hydroxylation sites is 1. The number of rotatable bonds is 4. The number of nitrogens with two attached hydrogens (primary N) is 1. The van der Waals surface area contributed by atoms with Crippen molar-refractivity contribution in [2.45, 2.75) is 20.4 Å². The number of aromatic nitrogens is 2. The van der Waals surface area contributed by atoms with Crippen LogP contribution in [-0.2, 0) is 6.54 Å². The number of anilines is 1. The SMILES string of the molecule is Cc1cc(=O)n(Cc2cccc([N+](=O)[O-])c2NN)c(C)n1. The fourth-order valence-corrected chi connectivity index (χ4v) is 2.16. The molecule has 0 aliphatic heterocycles. The Kier molecular flexibility index (Phi) is 3.99. The van der Waals surface area contributed by atoms with Crippen molar-refractivity contribution in [2.75, 3.05) is 5.43 Å². The molecule has 1 aromatic carbocycles. The maximum absolute atomic E-state index is 12.0. The van der Waals surface area contributed by atoms with Gasteiger partial charge in [-0.05, 0) is 13.8 Å². The van der Waals surface area contributed by atoms with E-state index in [1.165, 1.54) is 16.7 Å². The highest BCUT2D eigenvalue weighted by Gasteiger charge is 2.17. The van der Waals surface area contributed by atoms with Gasteiger partial charge in [-0.3, -0.25) is 25.3 Å². The molecular weight excluding hydrogens is 274 g/mol. The average molecular weight is 289 g/mol. The third-order valence-electron chi connectivity index (χ3n) is 3.13. The van der Waals surface area contributed by atoms with Crippen LogP contribution in [0.25, 0.3) is 0 Å². The molecule has 0 unspecified atom stereocenters. The van der Waals surface area contributed by atoms with Crippen LogP contribution in [-0.4, -0.2) is 14.5 Å². The van der Waals surface area contributed by atoms with Crippen molar-refractivity contribution in [3.8, 4) is 0 Å². The smallest absolute Gasteiger partial charge is 0.293 e. The summed E-state index contributed by atoms with van der Waals surface area (Å²) in [5.74, 6) is 5.92. The van der Waals surface area contributed by atoms with Crippen LogP contribution in [0.3, 0.4) is 0 Å². The third-order valence-corrected chi connectivity index (χ3v) is 3.13. The minimum atomic E-state index is -0.526. The largest absolute Gasteiger partial charge is 0.318 e. The summed E-state index contributed by atoms with van der Waals surface area (Å²) in [6.07, 6.45) is 0. The third kappa shape index (κ3) is 2.90. The Morgan fingerprint density at radius 3 is 2.71 bits per heavy atom. The molecule has 8 heteroatoms. The van der Waals surface area contributed by atoms with Crippen molar-refractivity contribution >= 4 is 11.4 Å². The van der Waals surface area contributed by atoms with Gasteiger partial charge in [0.1, 0.15) is 11.5 Å². The van der Waals surface area contributed by atoms with E-state index in [1.54, 1.807) is 26.0 Å². The molecule has 0 amide bonds. The molecule has 1 aromatic heterocycles. The zero-order valence-electron chi connectivity index (χ0n) is 11.7. The van der Waals surface area contributed by atoms with Crippen molar-refractivity contribution in [3.05, 3.63) is 61.8 Å². The second kappa shape index (κ2) is 5.71. The molecule has 0 fully saturated rings. The molecule has 0 saturated carbocycles. The molecule has 0 aliphatic carbocycles. The number of nitrogens with one attached hydrogen (secondary N) is 1. The number of benzene rings is 1. The number of hydrogen-bond donors (Lipinski definition) is 2. The van der Waals surface area contributed by atoms with Gasteiger partial charge in [0, 0.05) is 23.4 Å². The Labute approximate surface area is 120 Å². The summed E-state index contributed by atoms with van der Waals surface area (Å²) < 4.78 is 1.44. The van der Waals surface area contributed by atoms with Crippen LogP contribution in [0, 0.1) is 24.0 Å². The summed E-state index contributed by atoms with van der Waals surface area (Å²) >= 11 is 0. The monoisotopic (exact) mass is 289 g/mol. The number of hydrogen-bond acceptors (Lipinski definition) is 6. The van der Waals surface area contributed by atoms with Crippen molar-refractivity contribution in [3.63, 3.8) is 0 Å². The molecule has 3 N–H and O–H groups in total. The second-order valence-corrected chi connectivity index (χ2v) is 4.58. The number of aryl methyl sites for hydroxylation is 2. The molecule has 0 radical (unpaired) electrons. The summed E-state index contributed by atoms with van der Waals surface area (Å²) in [6, 6.07) is 5.99. The van der Waals surface area contributed by atoms with E-state index < -0.39 is 4.92 Å². The van der Waals surface area contributed by atoms with Crippen LogP contribution in [0.1, 0.15) is 17.1 Å². The normalized spacial score (nSPS) is 10.4. The summed E-state index contributed by atoms with van der Waals surface area (Å²) in [7, 11) is 0. The Hall–Kier alpha value is -2.74. The second-order valence-electron chi connectivity index (χ2n) is 4.58. The molecule has 2 aromatic rings. The molecule has 0 spiro atoms. The van der Waals surface area contributed by atoms with Crippen molar-refractivity contribution < 1.29 is 4.92 Å². The van der Waals surface area contributed by atoms with Crippen molar-refractivity contribution in [2.24, 2.45) is 5.84 Å². The first kappa shape index (κ1) is 14.7. The molecule has 21 heavy (non-hydrogen) atoms. The summed E-state index contributed by atoms with van der Waals surface area (Å²) in [6.45, 7) is 3.60. The molecule has 8 nitrogen and oxygen atoms in total. The fourth-order valence-electron chi connectivity index (χ4n) is 2.16. The quantitative estimate of drug-likeness (QED) is 0.494. The highest BCUT2D eigenvalue weighted by atomic mass is 16.6. The highest BCUT2D eigenvalue weighted by molar-refractivity contribution is 5.65. The molecule has 0 saturated heterocycles. The van der Waals surface area contributed by atoms with Gasteiger partial charge in [-0.25, -0.2) is 4.98 Å². The van der Waals surface area contributed by atoms with E-state index in [4.69, 9.17) is 5.84 Å². The predicted octanol–water partition coefficient (Wildman–Crippen LogP) is 1.10. The van der Waals surface area contributed by atoms with E-state index in [9.17, 15) is 14.9 Å². The molecule has 1 heterocycles. The Morgan fingerprint density at radius 2 is 2.14 bits per heavy atom. The molecule has 110 valence electrons. The first-order chi connectivity index (χ1) is 9.93. The van der Waals surface area contributed by atoms with Gasteiger partial charge in [-0.2, -0.15) is 0 Å². The van der Waals surface area contributed by atoms with E-state index in [0.29, 0.717) is 17.1 Å². The molecule has 0 aliphatic rings. The van der Waals surface area contributed by atoms with Gasteiger partial charge >= 0.3 is 0 Å². The number of nitrogens with zero attached hydrogens (tertiary/aromatic N) is 3. The first-order valence-corrected chi connectivity index (χ1v) is 6.22. The van der Waals surface area contributed by atoms with E-state index >= 15 is 0 Å². The maximum atomic E-state index is 12.0. The topological polar surface area (TPSA) is 116 Å². The lowest BCUT2D eigenvalue weighted by atomic mass is 10.1. The first-order valence-electron chi connectivity index (χ1n) is 6.22. The molecule has 2 rings (SSSR count). The highest BCUT2D eigenvalue weighted by Crippen LogP contribution is 2.27. The summed E-state index contributed by atoms with van der Waals surface area (Å²) in [4.78, 5) is 26.7. The van der Waals surface area contributed by atoms with Crippen LogP contribution < -0.4 is 16.8 Å². The number of nitro benzene ring substituents is 1. The van der Waals surface area contributed by atoms with Gasteiger partial charge in [0.2, 0.25) is 0 Å². The van der Waals surface area contributed by atoms with Crippen LogP contribution in [0.15, 0.2) is 29.1 Å². The van der Waals surface area contributed by atoms with Gasteiger partial charge < -0.3 is 5.43 Å². The van der Waals surface area contributed by atoms with Gasteiger partial charge in [-0.1, -0.05) is 12.1 Å². The standard InChI is InChI=1S/C13H15N5O3/c1-8-6-12(19)17(9(2)15-8)7-10-4-3-5-11(18(20)21)13(10)16-14/h3-6,16H,7,14H2,1-2H3. The lowest BCUT2D eigenvalue weighted by Crippen LogP contribution is -2.25. The van der Waals surface area contributed by atoms with Gasteiger partial charge in [0.25, 0.3) is 11.2 Å². The Bertz CT molecular complexity index is 754. The van der Waals surface area contributed by atoms with Crippen LogP contribution in [0.5, 0.6) is 0 Å². The zero-order valence-corrected chi connectivity index (χ0v) is 11.7. The fraction of sp³-hybridized carbons (Fsp3) is 0.231. The Morgan fingerprint density at radius 1 is 1.43 bits per heavy atom.